The Morgan fingerprint density at radius 3 is 1.30 bits per heavy atom. The normalized spacial score (nSPS) is 14.5. The summed E-state index contributed by atoms with van der Waals surface area (Å²) < 4.78 is 0. The predicted molar refractivity (Wildman–Crippen MR) is 92.2 cm³/mol. The Morgan fingerprint density at radius 2 is 1.05 bits per heavy atom. The summed E-state index contributed by atoms with van der Waals surface area (Å²) in [6, 6.07) is 8.68. The van der Waals surface area contributed by atoms with Gasteiger partial charge in [-0.15, -0.1) is 0 Å². The fourth-order valence-corrected chi connectivity index (χ4v) is 7.83. The van der Waals surface area contributed by atoms with E-state index in [0.29, 0.717) is 0 Å². The van der Waals surface area contributed by atoms with E-state index in [4.69, 9.17) is 0 Å². The summed E-state index contributed by atoms with van der Waals surface area (Å²) in [5.41, 5.74) is 1.47. The second kappa shape index (κ2) is 4.99. The highest BCUT2D eigenvalue weighted by Gasteiger charge is 2.53. The molecule has 0 saturated heterocycles. The van der Waals surface area contributed by atoms with Crippen LogP contribution in [0.2, 0.25) is 10.1 Å². The van der Waals surface area contributed by atoms with Crippen molar-refractivity contribution in [1.29, 1.82) is 0 Å². The zero-order valence-electron chi connectivity index (χ0n) is 14.8. The highest BCUT2D eigenvalue weighted by molar-refractivity contribution is 6.90. The Hall–Kier alpha value is -0.603. The molecule has 0 heterocycles. The van der Waals surface area contributed by atoms with Gasteiger partial charge in [0.15, 0.2) is 0 Å². The number of hydrogen-bond donors (Lipinski definition) is 1. The van der Waals surface area contributed by atoms with Crippen LogP contribution in [0.4, 0.5) is 0 Å². The van der Waals surface area contributed by atoms with Gasteiger partial charge < -0.3 is 4.80 Å². The zero-order valence-corrected chi connectivity index (χ0v) is 15.8. The number of hydrogen-bond acceptors (Lipinski definition) is 1. The minimum atomic E-state index is -2.61. The summed E-state index contributed by atoms with van der Waals surface area (Å²) in [6.07, 6.45) is 0. The van der Waals surface area contributed by atoms with Gasteiger partial charge in [-0.2, -0.15) is 0 Å². The first-order valence-corrected chi connectivity index (χ1v) is 9.49. The topological polar surface area (TPSA) is 20.2 Å². The summed E-state index contributed by atoms with van der Waals surface area (Å²) in [7, 11) is -2.61. The van der Waals surface area contributed by atoms with Crippen molar-refractivity contribution in [2.24, 2.45) is 0 Å². The molecule has 0 amide bonds. The SMILES string of the molecule is CC(C)(C)c1ccc([Si](O)(C(C)(C)C)C(C)(C)C)cc1. The molecule has 0 fully saturated rings. The molecule has 0 aromatic heterocycles. The predicted octanol–water partition coefficient (Wildman–Crippen LogP) is 4.73. The average Bonchev–Trinajstić information content (AvgIpc) is 2.24. The molecule has 0 atom stereocenters. The van der Waals surface area contributed by atoms with Crippen LogP contribution in [-0.2, 0) is 5.41 Å². The fraction of sp³-hybridized carbons (Fsp3) is 0.667. The smallest absolute Gasteiger partial charge is 0.230 e. The molecule has 114 valence electrons. The Kier molecular flexibility index (Phi) is 4.36. The molecule has 1 N–H and O–H groups in total. The molecule has 0 unspecified atom stereocenters. The Morgan fingerprint density at radius 1 is 0.700 bits per heavy atom. The molecular formula is C18H32OSi. The van der Waals surface area contributed by atoms with Gasteiger partial charge in [0, 0.05) is 0 Å². The molecule has 0 bridgehead atoms. The highest BCUT2D eigenvalue weighted by atomic mass is 28.4. The second-order valence-electron chi connectivity index (χ2n) is 9.04. The number of benzene rings is 1. The molecule has 1 rings (SSSR count). The monoisotopic (exact) mass is 292 g/mol. The first kappa shape index (κ1) is 17.4. The Bertz CT molecular complexity index is 438. The van der Waals surface area contributed by atoms with Gasteiger partial charge in [0.25, 0.3) is 0 Å². The van der Waals surface area contributed by atoms with Gasteiger partial charge in [0.2, 0.25) is 8.32 Å². The molecular weight excluding hydrogens is 260 g/mol. The van der Waals surface area contributed by atoms with E-state index >= 15 is 0 Å². The largest absolute Gasteiger partial charge is 0.426 e. The molecule has 1 aromatic rings. The Balaban J connectivity index is 3.39. The lowest BCUT2D eigenvalue weighted by atomic mass is 9.87. The van der Waals surface area contributed by atoms with E-state index in [2.05, 4.69) is 86.6 Å². The zero-order chi connectivity index (χ0) is 16.0. The first-order chi connectivity index (χ1) is 8.71. The van der Waals surface area contributed by atoms with E-state index in [-0.39, 0.29) is 15.5 Å². The van der Waals surface area contributed by atoms with Crippen LogP contribution < -0.4 is 5.19 Å². The second-order valence-corrected chi connectivity index (χ2v) is 14.0. The van der Waals surface area contributed by atoms with E-state index in [1.54, 1.807) is 0 Å². The van der Waals surface area contributed by atoms with Crippen molar-refractivity contribution >= 4 is 13.5 Å². The van der Waals surface area contributed by atoms with Crippen molar-refractivity contribution in [3.8, 4) is 0 Å². The lowest BCUT2D eigenvalue weighted by molar-refractivity contribution is 0.431. The van der Waals surface area contributed by atoms with Crippen LogP contribution in [0.5, 0.6) is 0 Å². The molecule has 1 aromatic carbocycles. The minimum absolute atomic E-state index is 0.0888. The molecule has 0 spiro atoms. The third-order valence-corrected chi connectivity index (χ3v) is 9.85. The average molecular weight is 293 g/mol. The van der Waals surface area contributed by atoms with Crippen molar-refractivity contribution in [3.05, 3.63) is 29.8 Å². The molecule has 2 heteroatoms. The van der Waals surface area contributed by atoms with Crippen LogP contribution in [0, 0.1) is 0 Å². The molecule has 0 aliphatic heterocycles. The summed E-state index contributed by atoms with van der Waals surface area (Å²) in [6.45, 7) is 19.7. The quantitative estimate of drug-likeness (QED) is 0.742. The fourth-order valence-electron chi connectivity index (χ4n) is 3.20. The van der Waals surface area contributed by atoms with E-state index in [1.165, 1.54) is 5.56 Å². The van der Waals surface area contributed by atoms with Gasteiger partial charge in [0.05, 0.1) is 0 Å². The molecule has 0 aliphatic carbocycles. The Labute approximate surface area is 126 Å². The molecule has 0 aliphatic rings. The maximum absolute atomic E-state index is 11.6. The van der Waals surface area contributed by atoms with E-state index in [1.807, 2.05) is 0 Å². The van der Waals surface area contributed by atoms with Crippen LogP contribution in [0.15, 0.2) is 24.3 Å². The first-order valence-electron chi connectivity index (χ1n) is 7.54. The summed E-state index contributed by atoms with van der Waals surface area (Å²) in [5.74, 6) is 0. The van der Waals surface area contributed by atoms with Gasteiger partial charge in [-0.1, -0.05) is 86.6 Å². The highest BCUT2D eigenvalue weighted by Crippen LogP contribution is 2.48. The van der Waals surface area contributed by atoms with Crippen molar-refractivity contribution in [1.82, 2.24) is 0 Å². The third kappa shape index (κ3) is 3.01. The van der Waals surface area contributed by atoms with Crippen molar-refractivity contribution in [3.63, 3.8) is 0 Å². The minimum Gasteiger partial charge on any atom is -0.426 e. The maximum atomic E-state index is 11.6. The van der Waals surface area contributed by atoms with Gasteiger partial charge in [-0.05, 0) is 26.2 Å². The van der Waals surface area contributed by atoms with Crippen LogP contribution in [0.1, 0.15) is 67.9 Å². The number of rotatable bonds is 1. The standard InChI is InChI=1S/C18H32OSi/c1-16(2,3)14-10-12-15(13-11-14)20(19,17(4,5)6)18(7,8)9/h10-13,19H,1-9H3. The van der Waals surface area contributed by atoms with Crippen LogP contribution in [-0.4, -0.2) is 13.1 Å². The summed E-state index contributed by atoms with van der Waals surface area (Å²) in [4.78, 5) is 11.6. The molecule has 1 nitrogen and oxygen atoms in total. The van der Waals surface area contributed by atoms with Crippen LogP contribution in [0.3, 0.4) is 0 Å². The molecule has 20 heavy (non-hydrogen) atoms. The maximum Gasteiger partial charge on any atom is 0.230 e. The van der Waals surface area contributed by atoms with Crippen molar-refractivity contribution < 1.29 is 4.80 Å². The van der Waals surface area contributed by atoms with E-state index in [9.17, 15) is 4.80 Å². The summed E-state index contributed by atoms with van der Waals surface area (Å²) in [5, 5.41) is 0.966. The molecule has 0 saturated carbocycles. The molecule has 0 radical (unpaired) electrons. The van der Waals surface area contributed by atoms with Gasteiger partial charge in [0.1, 0.15) is 0 Å². The lowest BCUT2D eigenvalue weighted by Crippen LogP contribution is -2.61. The van der Waals surface area contributed by atoms with E-state index < -0.39 is 8.32 Å². The van der Waals surface area contributed by atoms with Crippen molar-refractivity contribution in [2.45, 2.75) is 77.8 Å². The lowest BCUT2D eigenvalue weighted by Gasteiger charge is -2.47. The van der Waals surface area contributed by atoms with E-state index in [0.717, 1.165) is 5.19 Å². The van der Waals surface area contributed by atoms with Crippen LogP contribution >= 0.6 is 0 Å². The van der Waals surface area contributed by atoms with Gasteiger partial charge in [-0.25, -0.2) is 0 Å². The van der Waals surface area contributed by atoms with Gasteiger partial charge >= 0.3 is 0 Å². The van der Waals surface area contributed by atoms with Gasteiger partial charge in [-0.3, -0.25) is 0 Å². The van der Waals surface area contributed by atoms with Crippen molar-refractivity contribution in [2.75, 3.05) is 0 Å². The van der Waals surface area contributed by atoms with Crippen LogP contribution in [0.25, 0.3) is 0 Å². The summed E-state index contributed by atoms with van der Waals surface area (Å²) >= 11 is 0. The third-order valence-electron chi connectivity index (χ3n) is 4.34.